The van der Waals surface area contributed by atoms with Crippen LogP contribution in [0.5, 0.6) is 0 Å². The molecule has 0 aliphatic carbocycles. The van der Waals surface area contributed by atoms with Gasteiger partial charge in [0.2, 0.25) is 5.91 Å². The Kier molecular flexibility index (Phi) is 9.20. The van der Waals surface area contributed by atoms with Crippen LogP contribution in [0.4, 0.5) is 5.69 Å². The molecule has 0 unspecified atom stereocenters. The molecule has 2 heterocycles. The van der Waals surface area contributed by atoms with Crippen LogP contribution in [-0.4, -0.2) is 49.5 Å². The Bertz CT molecular complexity index is 871. The van der Waals surface area contributed by atoms with E-state index < -0.39 is 0 Å². The number of carbonyl (C=O) groups excluding carboxylic acids is 1. The van der Waals surface area contributed by atoms with Crippen molar-refractivity contribution in [1.29, 1.82) is 0 Å². The molecule has 6 nitrogen and oxygen atoms in total. The van der Waals surface area contributed by atoms with Crippen molar-refractivity contribution in [3.63, 3.8) is 0 Å². The topological polar surface area (TPSA) is 60.0 Å². The number of anilines is 1. The molecule has 2 aliphatic heterocycles. The Balaban J connectivity index is 0.00000289. The summed E-state index contributed by atoms with van der Waals surface area (Å²) in [5, 5.41) is 6.93. The third-order valence-corrected chi connectivity index (χ3v) is 6.23. The van der Waals surface area contributed by atoms with E-state index in [0.717, 1.165) is 57.9 Å². The van der Waals surface area contributed by atoms with Gasteiger partial charge in [-0.2, -0.15) is 0 Å². The Morgan fingerprint density at radius 2 is 1.62 bits per heavy atom. The average Bonchev–Trinajstić information content (AvgIpc) is 3.26. The van der Waals surface area contributed by atoms with E-state index in [0.29, 0.717) is 12.5 Å². The van der Waals surface area contributed by atoms with E-state index in [1.165, 1.54) is 16.8 Å². The molecule has 0 saturated carbocycles. The number of rotatable bonds is 6. The largest absolute Gasteiger partial charge is 0.371 e. The smallest absolute Gasteiger partial charge is 0.223 e. The minimum absolute atomic E-state index is 0. The molecule has 0 spiro atoms. The normalized spacial score (nSPS) is 16.3. The van der Waals surface area contributed by atoms with Crippen molar-refractivity contribution in [2.45, 2.75) is 44.8 Å². The summed E-state index contributed by atoms with van der Waals surface area (Å²) in [6.45, 7) is 4.33. The van der Waals surface area contributed by atoms with E-state index in [9.17, 15) is 4.79 Å². The number of guanidine groups is 1. The summed E-state index contributed by atoms with van der Waals surface area (Å²) in [7, 11) is 1.81. The molecule has 172 valence electrons. The number of hydrogen-bond donors (Lipinski definition) is 2. The molecule has 2 aromatic carbocycles. The van der Waals surface area contributed by atoms with Gasteiger partial charge in [0.25, 0.3) is 0 Å². The molecule has 2 aromatic rings. The highest BCUT2D eigenvalue weighted by molar-refractivity contribution is 14.0. The maximum atomic E-state index is 12.5. The van der Waals surface area contributed by atoms with Gasteiger partial charge in [-0.3, -0.25) is 9.79 Å². The highest BCUT2D eigenvalue weighted by atomic mass is 127. The van der Waals surface area contributed by atoms with Gasteiger partial charge in [0.15, 0.2) is 5.96 Å². The molecule has 1 amide bonds. The molecule has 2 N–H and O–H groups in total. The van der Waals surface area contributed by atoms with Crippen molar-refractivity contribution in [2.24, 2.45) is 4.99 Å². The van der Waals surface area contributed by atoms with E-state index >= 15 is 0 Å². The number of nitrogens with one attached hydrogen (secondary N) is 2. The van der Waals surface area contributed by atoms with Gasteiger partial charge in [0, 0.05) is 57.9 Å². The number of nitrogens with zero attached hydrogens (tertiary/aromatic N) is 3. The summed E-state index contributed by atoms with van der Waals surface area (Å²) in [4.78, 5) is 21.3. The standard InChI is InChI=1S/C25H33N5O.HI/c1-26-25(28-22-13-16-29(17-14-22)23-10-3-2-4-11-23)27-15-7-12-24(31)30-18-20-8-5-6-9-21(20)19-30;/h2-6,8-11,22H,7,12-19H2,1H3,(H2,26,27,28);1H. The maximum absolute atomic E-state index is 12.5. The van der Waals surface area contributed by atoms with Crippen LogP contribution in [0, 0.1) is 0 Å². The van der Waals surface area contributed by atoms with Crippen LogP contribution < -0.4 is 15.5 Å². The third kappa shape index (κ3) is 6.37. The van der Waals surface area contributed by atoms with E-state index in [1.807, 2.05) is 17.0 Å². The molecule has 0 radical (unpaired) electrons. The molecule has 32 heavy (non-hydrogen) atoms. The van der Waals surface area contributed by atoms with Crippen LogP contribution in [0.25, 0.3) is 0 Å². The maximum Gasteiger partial charge on any atom is 0.223 e. The van der Waals surface area contributed by atoms with Gasteiger partial charge >= 0.3 is 0 Å². The number of carbonyl (C=O) groups is 1. The Labute approximate surface area is 208 Å². The average molecular weight is 547 g/mol. The van der Waals surface area contributed by atoms with Crippen molar-refractivity contribution in [2.75, 3.05) is 31.6 Å². The molecule has 2 aliphatic rings. The predicted octanol–water partition coefficient (Wildman–Crippen LogP) is 3.76. The fourth-order valence-corrected chi connectivity index (χ4v) is 4.42. The lowest BCUT2D eigenvalue weighted by Crippen LogP contribution is -2.49. The first-order chi connectivity index (χ1) is 15.2. The summed E-state index contributed by atoms with van der Waals surface area (Å²) in [5.41, 5.74) is 3.85. The molecule has 1 saturated heterocycles. The van der Waals surface area contributed by atoms with E-state index in [2.05, 4.69) is 63.0 Å². The Hall–Kier alpha value is -2.29. The summed E-state index contributed by atoms with van der Waals surface area (Å²) in [5.74, 6) is 1.06. The van der Waals surface area contributed by atoms with Gasteiger partial charge in [-0.15, -0.1) is 24.0 Å². The number of para-hydroxylation sites is 1. The minimum atomic E-state index is 0. The third-order valence-electron chi connectivity index (χ3n) is 6.23. The molecule has 1 fully saturated rings. The molecular formula is C25H34IN5O. The fourth-order valence-electron chi connectivity index (χ4n) is 4.42. The number of amides is 1. The number of fused-ring (bicyclic) bond motifs is 1. The van der Waals surface area contributed by atoms with Gasteiger partial charge in [0.1, 0.15) is 0 Å². The van der Waals surface area contributed by atoms with Crippen LogP contribution in [0.15, 0.2) is 59.6 Å². The van der Waals surface area contributed by atoms with E-state index in [-0.39, 0.29) is 29.9 Å². The summed E-state index contributed by atoms with van der Waals surface area (Å²) in [6, 6.07) is 19.3. The van der Waals surface area contributed by atoms with Crippen LogP contribution in [0.3, 0.4) is 0 Å². The molecule has 4 rings (SSSR count). The van der Waals surface area contributed by atoms with Crippen molar-refractivity contribution < 1.29 is 4.79 Å². The van der Waals surface area contributed by atoms with Gasteiger partial charge in [-0.25, -0.2) is 0 Å². The van der Waals surface area contributed by atoms with Crippen LogP contribution in [0.2, 0.25) is 0 Å². The Morgan fingerprint density at radius 3 is 2.25 bits per heavy atom. The lowest BCUT2D eigenvalue weighted by molar-refractivity contribution is -0.131. The molecule has 0 bridgehead atoms. The summed E-state index contributed by atoms with van der Waals surface area (Å²) < 4.78 is 0. The van der Waals surface area contributed by atoms with Gasteiger partial charge in [0.05, 0.1) is 0 Å². The zero-order valence-electron chi connectivity index (χ0n) is 18.8. The lowest BCUT2D eigenvalue weighted by atomic mass is 10.0. The number of hydrogen-bond acceptors (Lipinski definition) is 3. The predicted molar refractivity (Wildman–Crippen MR) is 142 cm³/mol. The number of halogens is 1. The summed E-state index contributed by atoms with van der Waals surface area (Å²) in [6.07, 6.45) is 3.54. The van der Waals surface area contributed by atoms with Gasteiger partial charge < -0.3 is 20.4 Å². The van der Waals surface area contributed by atoms with E-state index in [1.54, 1.807) is 7.05 Å². The van der Waals surface area contributed by atoms with Gasteiger partial charge in [-0.05, 0) is 42.5 Å². The van der Waals surface area contributed by atoms with Gasteiger partial charge in [-0.1, -0.05) is 42.5 Å². The highest BCUT2D eigenvalue weighted by Crippen LogP contribution is 2.23. The van der Waals surface area contributed by atoms with Crippen molar-refractivity contribution in [3.05, 3.63) is 65.7 Å². The first-order valence-corrected chi connectivity index (χ1v) is 11.3. The van der Waals surface area contributed by atoms with Crippen molar-refractivity contribution >= 4 is 41.5 Å². The summed E-state index contributed by atoms with van der Waals surface area (Å²) >= 11 is 0. The first-order valence-electron chi connectivity index (χ1n) is 11.3. The second-order valence-corrected chi connectivity index (χ2v) is 8.36. The zero-order chi connectivity index (χ0) is 21.5. The lowest BCUT2D eigenvalue weighted by Gasteiger charge is -2.34. The van der Waals surface area contributed by atoms with Crippen LogP contribution >= 0.6 is 24.0 Å². The van der Waals surface area contributed by atoms with Crippen LogP contribution in [-0.2, 0) is 17.9 Å². The fraction of sp³-hybridized carbons (Fsp3) is 0.440. The molecule has 0 atom stereocenters. The highest BCUT2D eigenvalue weighted by Gasteiger charge is 2.22. The number of piperidine rings is 1. The SMILES string of the molecule is CN=C(NCCCC(=O)N1Cc2ccccc2C1)NC1CCN(c2ccccc2)CC1.I. The van der Waals surface area contributed by atoms with E-state index in [4.69, 9.17) is 0 Å². The zero-order valence-corrected chi connectivity index (χ0v) is 21.1. The van der Waals surface area contributed by atoms with Crippen LogP contribution in [0.1, 0.15) is 36.8 Å². The molecule has 7 heteroatoms. The van der Waals surface area contributed by atoms with Crippen molar-refractivity contribution in [3.8, 4) is 0 Å². The molecular weight excluding hydrogens is 513 g/mol. The quantitative estimate of drug-likeness (QED) is 0.250. The monoisotopic (exact) mass is 547 g/mol. The number of aliphatic imine (C=N–C) groups is 1. The molecule has 0 aromatic heterocycles. The second-order valence-electron chi connectivity index (χ2n) is 8.36. The minimum Gasteiger partial charge on any atom is -0.371 e. The first kappa shape index (κ1) is 24.4. The van der Waals surface area contributed by atoms with Crippen molar-refractivity contribution in [1.82, 2.24) is 15.5 Å². The number of benzene rings is 2. The Morgan fingerprint density at radius 1 is 1.00 bits per heavy atom. The second kappa shape index (κ2) is 12.1.